The highest BCUT2D eigenvalue weighted by Crippen LogP contribution is 2.31. The Morgan fingerprint density at radius 1 is 1.14 bits per heavy atom. The van der Waals surface area contributed by atoms with Gasteiger partial charge in [0.1, 0.15) is 9.90 Å². The normalized spacial score (nSPS) is 14.7. The molecule has 0 radical (unpaired) electrons. The molecule has 148 valence electrons. The number of rotatable bonds is 5. The van der Waals surface area contributed by atoms with Gasteiger partial charge in [-0.05, 0) is 30.7 Å². The number of hydrogen-bond acceptors (Lipinski definition) is 6. The molecule has 1 N–H and O–H groups in total. The van der Waals surface area contributed by atoms with Crippen LogP contribution in [0.15, 0.2) is 58.8 Å². The van der Waals surface area contributed by atoms with Gasteiger partial charge in [0.2, 0.25) is 5.91 Å². The third-order valence-electron chi connectivity index (χ3n) is 4.55. The van der Waals surface area contributed by atoms with Gasteiger partial charge in [-0.15, -0.1) is 11.3 Å². The number of fused-ring (bicyclic) bond motifs is 1. The van der Waals surface area contributed by atoms with Crippen LogP contribution in [0.25, 0.3) is 0 Å². The van der Waals surface area contributed by atoms with Crippen molar-refractivity contribution in [3.05, 3.63) is 75.7 Å². The largest absolute Gasteiger partial charge is 0.325 e. The minimum atomic E-state index is -3.88. The minimum Gasteiger partial charge on any atom is -0.325 e. The fraction of sp³-hybridized carbons (Fsp3) is 0.150. The van der Waals surface area contributed by atoms with E-state index in [2.05, 4.69) is 10.3 Å². The SMILES string of the molecule is Cc1ccccc1NC(=O)Cc1nc(CN2C(=O)c3ccccc3S2(=O)=O)cs1. The van der Waals surface area contributed by atoms with E-state index < -0.39 is 15.9 Å². The van der Waals surface area contributed by atoms with Gasteiger partial charge in [0, 0.05) is 11.1 Å². The summed E-state index contributed by atoms with van der Waals surface area (Å²) in [5.74, 6) is -0.773. The van der Waals surface area contributed by atoms with E-state index in [1.165, 1.54) is 23.5 Å². The maximum Gasteiger partial charge on any atom is 0.269 e. The molecule has 0 spiro atoms. The number of benzene rings is 2. The van der Waals surface area contributed by atoms with Crippen LogP contribution in [-0.2, 0) is 27.8 Å². The smallest absolute Gasteiger partial charge is 0.269 e. The van der Waals surface area contributed by atoms with Gasteiger partial charge in [0.05, 0.1) is 24.2 Å². The summed E-state index contributed by atoms with van der Waals surface area (Å²) in [6.45, 7) is 1.74. The standard InChI is InChI=1S/C20H17N3O4S2/c1-13-6-2-4-8-16(13)22-18(24)10-19-21-14(12-28-19)11-23-20(25)15-7-3-5-9-17(15)29(23,26)27/h2-9,12H,10-11H2,1H3,(H,22,24). The zero-order chi connectivity index (χ0) is 20.6. The van der Waals surface area contributed by atoms with E-state index in [1.54, 1.807) is 17.5 Å². The Hall–Kier alpha value is -3.04. The Morgan fingerprint density at radius 2 is 1.86 bits per heavy atom. The summed E-state index contributed by atoms with van der Waals surface area (Å²) in [6, 6.07) is 13.6. The van der Waals surface area contributed by atoms with Gasteiger partial charge in [0.25, 0.3) is 15.9 Å². The molecule has 1 aliphatic rings. The van der Waals surface area contributed by atoms with Crippen molar-refractivity contribution in [2.24, 2.45) is 0 Å². The number of carbonyl (C=O) groups excluding carboxylic acids is 2. The number of para-hydroxylation sites is 1. The van der Waals surface area contributed by atoms with E-state index in [9.17, 15) is 18.0 Å². The molecule has 0 bridgehead atoms. The van der Waals surface area contributed by atoms with Crippen LogP contribution in [-0.4, -0.2) is 29.5 Å². The number of carbonyl (C=O) groups is 2. The van der Waals surface area contributed by atoms with E-state index in [1.807, 2.05) is 31.2 Å². The van der Waals surface area contributed by atoms with Crippen LogP contribution in [0.5, 0.6) is 0 Å². The van der Waals surface area contributed by atoms with Crippen molar-refractivity contribution in [1.29, 1.82) is 0 Å². The Labute approximate surface area is 172 Å². The minimum absolute atomic E-state index is 0.0121. The molecule has 0 unspecified atom stereocenters. The second-order valence-corrected chi connectivity index (χ2v) is 9.36. The second-order valence-electron chi connectivity index (χ2n) is 6.59. The average molecular weight is 428 g/mol. The van der Waals surface area contributed by atoms with Crippen molar-refractivity contribution in [2.45, 2.75) is 24.8 Å². The lowest BCUT2D eigenvalue weighted by Crippen LogP contribution is -2.29. The molecule has 7 nitrogen and oxygen atoms in total. The van der Waals surface area contributed by atoms with Crippen LogP contribution in [0.4, 0.5) is 5.69 Å². The monoisotopic (exact) mass is 427 g/mol. The first-order chi connectivity index (χ1) is 13.9. The lowest BCUT2D eigenvalue weighted by Gasteiger charge is -2.13. The van der Waals surface area contributed by atoms with Crippen molar-refractivity contribution in [1.82, 2.24) is 9.29 Å². The number of aromatic nitrogens is 1. The third kappa shape index (κ3) is 3.66. The molecule has 3 aromatic rings. The van der Waals surface area contributed by atoms with Crippen molar-refractivity contribution >= 4 is 38.9 Å². The molecule has 2 aromatic carbocycles. The summed E-state index contributed by atoms with van der Waals surface area (Å²) in [6.07, 6.45) is 0.0694. The van der Waals surface area contributed by atoms with Gasteiger partial charge in [-0.2, -0.15) is 0 Å². The van der Waals surface area contributed by atoms with E-state index in [4.69, 9.17) is 0 Å². The van der Waals surface area contributed by atoms with Gasteiger partial charge in [0.15, 0.2) is 0 Å². The number of anilines is 1. The van der Waals surface area contributed by atoms with Gasteiger partial charge >= 0.3 is 0 Å². The van der Waals surface area contributed by atoms with Crippen LogP contribution in [0, 0.1) is 6.92 Å². The zero-order valence-electron chi connectivity index (χ0n) is 15.5. The molecule has 1 aromatic heterocycles. The summed E-state index contributed by atoms with van der Waals surface area (Å²) in [5.41, 5.74) is 2.29. The third-order valence-corrected chi connectivity index (χ3v) is 7.23. The van der Waals surface area contributed by atoms with Gasteiger partial charge in [-0.3, -0.25) is 9.59 Å². The summed E-state index contributed by atoms with van der Waals surface area (Å²) < 4.78 is 26.1. The number of thiazole rings is 1. The molecule has 0 saturated heterocycles. The molecule has 0 atom stereocenters. The van der Waals surface area contributed by atoms with Crippen LogP contribution in [0.2, 0.25) is 0 Å². The maximum atomic E-state index is 12.6. The number of sulfonamides is 1. The molecule has 29 heavy (non-hydrogen) atoms. The van der Waals surface area contributed by atoms with Crippen molar-refractivity contribution < 1.29 is 18.0 Å². The maximum absolute atomic E-state index is 12.6. The quantitative estimate of drug-likeness (QED) is 0.675. The molecule has 2 amide bonds. The number of hydrogen-bond donors (Lipinski definition) is 1. The molecule has 0 fully saturated rings. The van der Waals surface area contributed by atoms with Crippen LogP contribution in [0.3, 0.4) is 0 Å². The first-order valence-corrected chi connectivity index (χ1v) is 11.1. The average Bonchev–Trinajstić information content (AvgIpc) is 3.20. The first kappa shape index (κ1) is 19.3. The zero-order valence-corrected chi connectivity index (χ0v) is 17.1. The molecule has 0 saturated carbocycles. The van der Waals surface area contributed by atoms with Crippen molar-refractivity contribution in [3.63, 3.8) is 0 Å². The summed E-state index contributed by atoms with van der Waals surface area (Å²) in [7, 11) is -3.88. The van der Waals surface area contributed by atoms with Gasteiger partial charge in [-0.1, -0.05) is 30.3 Å². The topological polar surface area (TPSA) is 96.4 Å². The molecular weight excluding hydrogens is 410 g/mol. The van der Waals surface area contributed by atoms with Crippen LogP contribution >= 0.6 is 11.3 Å². The van der Waals surface area contributed by atoms with Gasteiger partial charge < -0.3 is 5.32 Å². The second kappa shape index (κ2) is 7.41. The molecule has 9 heteroatoms. The Balaban J connectivity index is 1.46. The molecule has 1 aliphatic heterocycles. The Kier molecular flexibility index (Phi) is 4.93. The highest BCUT2D eigenvalue weighted by Gasteiger charge is 2.41. The molecule has 4 rings (SSSR count). The number of nitrogens with one attached hydrogen (secondary N) is 1. The Morgan fingerprint density at radius 3 is 2.62 bits per heavy atom. The summed E-state index contributed by atoms with van der Waals surface area (Å²) >= 11 is 1.26. The van der Waals surface area contributed by atoms with E-state index >= 15 is 0 Å². The molecule has 0 aliphatic carbocycles. The predicted octanol–water partition coefficient (Wildman–Crippen LogP) is 2.98. The van der Waals surface area contributed by atoms with Gasteiger partial charge in [-0.25, -0.2) is 17.7 Å². The first-order valence-electron chi connectivity index (χ1n) is 8.81. The fourth-order valence-electron chi connectivity index (χ4n) is 3.08. The summed E-state index contributed by atoms with van der Waals surface area (Å²) in [4.78, 5) is 29.1. The number of nitrogens with zero attached hydrogens (tertiary/aromatic N) is 2. The van der Waals surface area contributed by atoms with Crippen molar-refractivity contribution in [3.8, 4) is 0 Å². The molecular formula is C20H17N3O4S2. The lowest BCUT2D eigenvalue weighted by atomic mass is 10.2. The highest BCUT2D eigenvalue weighted by molar-refractivity contribution is 7.90. The number of amides is 2. The molecule has 2 heterocycles. The highest BCUT2D eigenvalue weighted by atomic mass is 32.2. The lowest BCUT2D eigenvalue weighted by molar-refractivity contribution is -0.115. The predicted molar refractivity (Wildman–Crippen MR) is 109 cm³/mol. The Bertz CT molecular complexity index is 1220. The van der Waals surface area contributed by atoms with E-state index in [0.717, 1.165) is 15.6 Å². The summed E-state index contributed by atoms with van der Waals surface area (Å²) in [5, 5.41) is 5.06. The van der Waals surface area contributed by atoms with Crippen molar-refractivity contribution in [2.75, 3.05) is 5.32 Å². The fourth-order valence-corrected chi connectivity index (χ4v) is 5.41. The number of aryl methyl sites for hydroxylation is 1. The van der Waals surface area contributed by atoms with E-state index in [-0.39, 0.29) is 29.3 Å². The van der Waals surface area contributed by atoms with Crippen LogP contribution in [0.1, 0.15) is 26.6 Å². The van der Waals surface area contributed by atoms with Crippen LogP contribution < -0.4 is 5.32 Å². The van der Waals surface area contributed by atoms with E-state index in [0.29, 0.717) is 10.7 Å².